The van der Waals surface area contributed by atoms with Gasteiger partial charge in [0.1, 0.15) is 0 Å². The molecule has 0 aromatic carbocycles. The van der Waals surface area contributed by atoms with E-state index in [-0.39, 0.29) is 21.1 Å². The molecule has 0 aliphatic carbocycles. The SMILES string of the molecule is Cc1ccnc(-c2cc(C)ccn2)c1.[C-]#[O+].[C-]#[O+].[C-]#[O+].[C-]#[O+].[Mo]. The van der Waals surface area contributed by atoms with Crippen molar-refractivity contribution in [2.24, 2.45) is 0 Å². The Morgan fingerprint density at radius 2 is 0.913 bits per heavy atom. The van der Waals surface area contributed by atoms with E-state index in [4.69, 9.17) is 18.6 Å². The van der Waals surface area contributed by atoms with Crippen LogP contribution in [0.4, 0.5) is 0 Å². The first kappa shape index (κ1) is 29.0. The van der Waals surface area contributed by atoms with Gasteiger partial charge < -0.3 is 0 Å². The van der Waals surface area contributed by atoms with E-state index < -0.39 is 0 Å². The quantitative estimate of drug-likeness (QED) is 0.423. The minimum atomic E-state index is 0. The van der Waals surface area contributed by atoms with Gasteiger partial charge >= 0.3 is 45.2 Å². The fourth-order valence-electron chi connectivity index (χ4n) is 1.35. The molecule has 0 atom stereocenters. The second kappa shape index (κ2) is 22.2. The number of rotatable bonds is 1. The summed E-state index contributed by atoms with van der Waals surface area (Å²) in [7, 11) is 0. The van der Waals surface area contributed by atoms with Crippen molar-refractivity contribution in [2.75, 3.05) is 0 Å². The Bertz CT molecular complexity index is 554. The van der Waals surface area contributed by atoms with Crippen LogP contribution in [-0.4, -0.2) is 9.97 Å². The average molecular weight is 392 g/mol. The molecule has 23 heavy (non-hydrogen) atoms. The Morgan fingerprint density at radius 3 is 1.13 bits per heavy atom. The van der Waals surface area contributed by atoms with Crippen molar-refractivity contribution in [1.29, 1.82) is 0 Å². The first-order valence-corrected chi connectivity index (χ1v) is 5.43. The average Bonchev–Trinajstić information content (AvgIpc) is 2.62. The van der Waals surface area contributed by atoms with E-state index in [0.717, 1.165) is 11.4 Å². The van der Waals surface area contributed by atoms with Crippen LogP contribution >= 0.6 is 0 Å². The zero-order valence-electron chi connectivity index (χ0n) is 12.4. The van der Waals surface area contributed by atoms with Crippen LogP contribution in [0.5, 0.6) is 0 Å². The monoisotopic (exact) mass is 394 g/mol. The van der Waals surface area contributed by atoms with Crippen molar-refractivity contribution in [3.8, 4) is 11.4 Å². The van der Waals surface area contributed by atoms with Crippen molar-refractivity contribution in [3.05, 3.63) is 74.4 Å². The summed E-state index contributed by atoms with van der Waals surface area (Å²) in [5.74, 6) is 0. The van der Waals surface area contributed by atoms with Gasteiger partial charge in [-0.3, -0.25) is 9.97 Å². The molecule has 0 fully saturated rings. The fraction of sp³-hybridized carbons (Fsp3) is 0.125. The van der Waals surface area contributed by atoms with Crippen LogP contribution in [0.25, 0.3) is 11.4 Å². The number of pyridine rings is 2. The third-order valence-electron chi connectivity index (χ3n) is 2.09. The van der Waals surface area contributed by atoms with E-state index in [1.807, 2.05) is 36.7 Å². The number of hydrogen-bond donors (Lipinski definition) is 0. The summed E-state index contributed by atoms with van der Waals surface area (Å²) < 4.78 is 30.0. The molecule has 0 aliphatic rings. The van der Waals surface area contributed by atoms with Gasteiger partial charge in [0, 0.05) is 33.5 Å². The summed E-state index contributed by atoms with van der Waals surface area (Å²) in [6.07, 6.45) is 3.63. The van der Waals surface area contributed by atoms with Crippen molar-refractivity contribution < 1.29 is 39.7 Å². The molecule has 116 valence electrons. The van der Waals surface area contributed by atoms with Crippen LogP contribution in [0.2, 0.25) is 0 Å². The number of aryl methyl sites for hydroxylation is 2. The molecule has 0 spiro atoms. The van der Waals surface area contributed by atoms with E-state index in [9.17, 15) is 0 Å². The first-order valence-electron chi connectivity index (χ1n) is 5.43. The maximum absolute atomic E-state index is 7.50. The first-order chi connectivity index (χ1) is 10.8. The Morgan fingerprint density at radius 1 is 0.652 bits per heavy atom. The van der Waals surface area contributed by atoms with Gasteiger partial charge in [-0.2, -0.15) is 0 Å². The molecule has 0 amide bonds. The molecule has 0 saturated heterocycles. The van der Waals surface area contributed by atoms with Gasteiger partial charge in [-0.15, -0.1) is 0 Å². The van der Waals surface area contributed by atoms with Crippen LogP contribution in [0.3, 0.4) is 0 Å². The summed E-state index contributed by atoms with van der Waals surface area (Å²) in [5.41, 5.74) is 4.29. The van der Waals surface area contributed by atoms with Crippen LogP contribution in [0, 0.1) is 40.4 Å². The molecule has 0 N–H and O–H groups in total. The fourth-order valence-corrected chi connectivity index (χ4v) is 1.35. The molecule has 2 aromatic heterocycles. The summed E-state index contributed by atoms with van der Waals surface area (Å²) >= 11 is 0. The van der Waals surface area contributed by atoms with E-state index in [2.05, 4.69) is 50.4 Å². The Hall–Kier alpha value is -2.05. The molecule has 0 radical (unpaired) electrons. The van der Waals surface area contributed by atoms with Crippen LogP contribution in [-0.2, 0) is 39.7 Å². The number of aromatic nitrogens is 2. The van der Waals surface area contributed by atoms with Crippen molar-refractivity contribution in [1.82, 2.24) is 9.97 Å². The second-order valence-electron chi connectivity index (χ2n) is 3.44. The minimum absolute atomic E-state index is 0. The molecule has 0 aliphatic heterocycles. The largest absolute Gasteiger partial charge is 0 e. The summed E-state index contributed by atoms with van der Waals surface area (Å²) in [6, 6.07) is 8.06. The van der Waals surface area contributed by atoms with Crippen molar-refractivity contribution in [3.63, 3.8) is 0 Å². The maximum atomic E-state index is 7.50. The summed E-state index contributed by atoms with van der Waals surface area (Å²) in [6.45, 7) is 22.1. The predicted molar refractivity (Wildman–Crippen MR) is 72.7 cm³/mol. The van der Waals surface area contributed by atoms with E-state index in [1.165, 1.54) is 11.1 Å². The molecular weight excluding hydrogens is 380 g/mol. The topological polar surface area (TPSA) is 105 Å². The molecule has 7 heteroatoms. The van der Waals surface area contributed by atoms with Crippen molar-refractivity contribution in [2.45, 2.75) is 13.8 Å². The van der Waals surface area contributed by atoms with Gasteiger partial charge in [0.25, 0.3) is 0 Å². The van der Waals surface area contributed by atoms with E-state index in [1.54, 1.807) is 0 Å². The third-order valence-corrected chi connectivity index (χ3v) is 2.09. The minimum Gasteiger partial charge on any atom is 0 e. The standard InChI is InChI=1S/C12H12N2.4CO.Mo/c1-9-3-5-13-11(7-9)12-8-10(2)4-6-14-12;4*1-2;/h3-8H,1-2H3;;;;;. The molecular formula is C16H12MoN2O4. The molecule has 6 nitrogen and oxygen atoms in total. The molecule has 0 bridgehead atoms. The van der Waals surface area contributed by atoms with E-state index >= 15 is 0 Å². The van der Waals surface area contributed by atoms with Gasteiger partial charge in [-0.25, -0.2) is 0 Å². The third kappa shape index (κ3) is 13.3. The smallest absolute Gasteiger partial charge is 0 e. The molecule has 2 rings (SSSR count). The Kier molecular flexibility index (Phi) is 28.1. The maximum Gasteiger partial charge on any atom is 0 e. The van der Waals surface area contributed by atoms with Gasteiger partial charge in [-0.1, -0.05) is 0 Å². The zero-order valence-corrected chi connectivity index (χ0v) is 14.4. The second-order valence-corrected chi connectivity index (χ2v) is 3.44. The zero-order chi connectivity index (χ0) is 18.0. The summed E-state index contributed by atoms with van der Waals surface area (Å²) in [5, 5.41) is 0. The van der Waals surface area contributed by atoms with Gasteiger partial charge in [-0.05, 0) is 49.2 Å². The van der Waals surface area contributed by atoms with Gasteiger partial charge in [0.2, 0.25) is 0 Å². The molecule has 0 saturated carbocycles. The molecule has 2 heterocycles. The molecule has 0 unspecified atom stereocenters. The predicted octanol–water partition coefficient (Wildman–Crippen LogP) is 2.61. The normalized spacial score (nSPS) is 6.52. The van der Waals surface area contributed by atoms with Gasteiger partial charge in [0.15, 0.2) is 0 Å². The summed E-state index contributed by atoms with van der Waals surface area (Å²) in [4.78, 5) is 8.58. The van der Waals surface area contributed by atoms with Crippen LogP contribution < -0.4 is 0 Å². The Balaban J connectivity index is -0.000000176. The van der Waals surface area contributed by atoms with Crippen LogP contribution in [0.15, 0.2) is 36.7 Å². The number of hydrogen-bond acceptors (Lipinski definition) is 2. The van der Waals surface area contributed by atoms with Gasteiger partial charge in [0.05, 0.1) is 11.4 Å². The van der Waals surface area contributed by atoms with Crippen LogP contribution in [0.1, 0.15) is 11.1 Å². The molecule has 2 aromatic rings. The van der Waals surface area contributed by atoms with E-state index in [0.29, 0.717) is 0 Å². The van der Waals surface area contributed by atoms with Crippen molar-refractivity contribution >= 4 is 0 Å². The Labute approximate surface area is 149 Å². The number of nitrogens with zero attached hydrogens (tertiary/aromatic N) is 2.